The summed E-state index contributed by atoms with van der Waals surface area (Å²) in [6.45, 7) is 1.95. The molecule has 0 aliphatic rings. The van der Waals surface area contributed by atoms with Crippen LogP contribution in [0.3, 0.4) is 0 Å². The summed E-state index contributed by atoms with van der Waals surface area (Å²) >= 11 is 0. The van der Waals surface area contributed by atoms with Gasteiger partial charge in [-0.2, -0.15) is 0 Å². The van der Waals surface area contributed by atoms with E-state index < -0.39 is 23.2 Å². The van der Waals surface area contributed by atoms with Gasteiger partial charge in [0.1, 0.15) is 28.9 Å². The number of methoxy groups -OCH3 is 1. The second-order valence-electron chi connectivity index (χ2n) is 5.81. The number of para-hydroxylation sites is 1. The molecule has 2 aromatic carbocycles. The monoisotopic (exact) mass is 369 g/mol. The molecule has 7 heteroatoms. The van der Waals surface area contributed by atoms with Gasteiger partial charge >= 0.3 is 0 Å². The number of rotatable bonds is 5. The summed E-state index contributed by atoms with van der Waals surface area (Å²) in [5, 5.41) is 5.33. The molecule has 3 aromatic rings. The molecule has 0 aliphatic heterocycles. The summed E-state index contributed by atoms with van der Waals surface area (Å²) in [6, 6.07) is 12.1. The van der Waals surface area contributed by atoms with E-state index in [4.69, 9.17) is 4.74 Å². The Labute approximate surface area is 155 Å². The van der Waals surface area contributed by atoms with E-state index in [0.717, 1.165) is 23.4 Å². The Morgan fingerprint density at radius 2 is 1.81 bits per heavy atom. The van der Waals surface area contributed by atoms with E-state index in [9.17, 15) is 13.6 Å². The van der Waals surface area contributed by atoms with Crippen LogP contribution in [0, 0.1) is 18.6 Å². The van der Waals surface area contributed by atoms with Gasteiger partial charge in [0.2, 0.25) is 0 Å². The summed E-state index contributed by atoms with van der Waals surface area (Å²) in [7, 11) is 1.57. The first-order chi connectivity index (χ1) is 13.0. The van der Waals surface area contributed by atoms with E-state index in [1.807, 2.05) is 25.1 Å². The Kier molecular flexibility index (Phi) is 5.30. The molecule has 0 fully saturated rings. The normalized spacial score (nSPS) is 10.4. The average Bonchev–Trinajstić information content (AvgIpc) is 2.65. The van der Waals surface area contributed by atoms with Crippen LogP contribution in [-0.4, -0.2) is 18.0 Å². The molecule has 0 saturated heterocycles. The molecule has 0 saturated carbocycles. The maximum Gasteiger partial charge on any atom is 0.257 e. The van der Waals surface area contributed by atoms with Crippen LogP contribution >= 0.6 is 0 Å². The zero-order valence-electron chi connectivity index (χ0n) is 14.7. The molecule has 5 nitrogen and oxygen atoms in total. The molecule has 3 rings (SSSR count). The highest BCUT2D eigenvalue weighted by Crippen LogP contribution is 2.28. The second kappa shape index (κ2) is 7.82. The van der Waals surface area contributed by atoms with Crippen LogP contribution < -0.4 is 15.4 Å². The fourth-order valence-electron chi connectivity index (χ4n) is 2.46. The maximum atomic E-state index is 13.6. The van der Waals surface area contributed by atoms with Crippen molar-refractivity contribution in [2.75, 3.05) is 17.7 Å². The minimum atomic E-state index is -0.846. The third-order valence-electron chi connectivity index (χ3n) is 3.84. The number of benzene rings is 2. The maximum absolute atomic E-state index is 13.6. The van der Waals surface area contributed by atoms with Crippen molar-refractivity contribution in [1.29, 1.82) is 0 Å². The van der Waals surface area contributed by atoms with Crippen molar-refractivity contribution in [2.24, 2.45) is 0 Å². The molecule has 0 radical (unpaired) electrons. The largest absolute Gasteiger partial charge is 0.495 e. The number of aromatic nitrogens is 1. The van der Waals surface area contributed by atoms with Gasteiger partial charge < -0.3 is 15.4 Å². The summed E-state index contributed by atoms with van der Waals surface area (Å²) in [5.74, 6) is -1.21. The number of pyridine rings is 1. The van der Waals surface area contributed by atoms with Crippen molar-refractivity contribution in [1.82, 2.24) is 4.98 Å². The molecule has 0 bridgehead atoms. The number of aryl methyl sites for hydroxylation is 1. The fraction of sp³-hybridized carbons (Fsp3) is 0.100. The number of nitrogens with one attached hydrogen (secondary N) is 2. The lowest BCUT2D eigenvalue weighted by Crippen LogP contribution is -2.14. The van der Waals surface area contributed by atoms with Gasteiger partial charge in [-0.25, -0.2) is 13.8 Å². The van der Waals surface area contributed by atoms with Gasteiger partial charge in [0.25, 0.3) is 5.91 Å². The highest BCUT2D eigenvalue weighted by atomic mass is 19.1. The minimum Gasteiger partial charge on any atom is -0.495 e. The number of amides is 1. The standard InChI is InChI=1S/C20H17F2N3O2/c1-12-6-8-17(27-2)16(10-12)24-18-9-7-13(11-23-18)20(26)25-19-14(21)4-3-5-15(19)22/h3-11H,1-2H3,(H,23,24)(H,25,26). The Hall–Kier alpha value is -3.48. The van der Waals surface area contributed by atoms with Crippen molar-refractivity contribution in [2.45, 2.75) is 6.92 Å². The lowest BCUT2D eigenvalue weighted by atomic mass is 10.2. The van der Waals surface area contributed by atoms with Gasteiger partial charge in [0.05, 0.1) is 18.4 Å². The van der Waals surface area contributed by atoms with Crippen molar-refractivity contribution in [3.63, 3.8) is 0 Å². The van der Waals surface area contributed by atoms with Crippen molar-refractivity contribution in [3.05, 3.63) is 77.5 Å². The topological polar surface area (TPSA) is 63.2 Å². The molecule has 27 heavy (non-hydrogen) atoms. The first-order valence-corrected chi connectivity index (χ1v) is 8.11. The Morgan fingerprint density at radius 1 is 1.07 bits per heavy atom. The van der Waals surface area contributed by atoms with Gasteiger partial charge in [0.15, 0.2) is 0 Å². The predicted molar refractivity (Wildman–Crippen MR) is 99.6 cm³/mol. The number of halogens is 2. The van der Waals surface area contributed by atoms with Crippen LogP contribution in [0.2, 0.25) is 0 Å². The molecule has 1 aromatic heterocycles. The van der Waals surface area contributed by atoms with E-state index >= 15 is 0 Å². The molecular weight excluding hydrogens is 352 g/mol. The van der Waals surface area contributed by atoms with Crippen LogP contribution in [0.1, 0.15) is 15.9 Å². The highest BCUT2D eigenvalue weighted by molar-refractivity contribution is 6.04. The number of ether oxygens (including phenoxy) is 1. The highest BCUT2D eigenvalue weighted by Gasteiger charge is 2.14. The third-order valence-corrected chi connectivity index (χ3v) is 3.84. The molecular formula is C20H17F2N3O2. The van der Waals surface area contributed by atoms with Gasteiger partial charge in [-0.1, -0.05) is 12.1 Å². The van der Waals surface area contributed by atoms with Gasteiger partial charge in [-0.15, -0.1) is 0 Å². The number of anilines is 3. The number of nitrogens with zero attached hydrogens (tertiary/aromatic N) is 1. The van der Waals surface area contributed by atoms with Gasteiger partial charge in [-0.05, 0) is 48.9 Å². The summed E-state index contributed by atoms with van der Waals surface area (Å²) in [5.41, 5.74) is 1.45. The van der Waals surface area contributed by atoms with Crippen molar-refractivity contribution < 1.29 is 18.3 Å². The smallest absolute Gasteiger partial charge is 0.257 e. The lowest BCUT2D eigenvalue weighted by Gasteiger charge is -2.12. The molecule has 1 heterocycles. The molecule has 1 amide bonds. The first-order valence-electron chi connectivity index (χ1n) is 8.11. The predicted octanol–water partition coefficient (Wildman–Crippen LogP) is 4.67. The van der Waals surface area contributed by atoms with Crippen LogP contribution in [0.15, 0.2) is 54.7 Å². The molecule has 138 valence electrons. The van der Waals surface area contributed by atoms with Crippen LogP contribution in [-0.2, 0) is 0 Å². The number of carbonyl (C=O) groups is 1. The SMILES string of the molecule is COc1ccc(C)cc1Nc1ccc(C(=O)Nc2c(F)cccc2F)cn1. The van der Waals surface area contributed by atoms with E-state index in [2.05, 4.69) is 15.6 Å². The number of hydrogen-bond acceptors (Lipinski definition) is 4. The summed E-state index contributed by atoms with van der Waals surface area (Å²) < 4.78 is 32.6. The third kappa shape index (κ3) is 4.20. The van der Waals surface area contributed by atoms with E-state index in [1.54, 1.807) is 13.2 Å². The quantitative estimate of drug-likeness (QED) is 0.686. The van der Waals surface area contributed by atoms with Gasteiger partial charge in [0, 0.05) is 6.20 Å². The van der Waals surface area contributed by atoms with E-state index in [1.165, 1.54) is 18.3 Å². The van der Waals surface area contributed by atoms with Crippen LogP contribution in [0.25, 0.3) is 0 Å². The van der Waals surface area contributed by atoms with E-state index in [-0.39, 0.29) is 5.56 Å². The molecule has 2 N–H and O–H groups in total. The molecule has 0 aliphatic carbocycles. The first kappa shape index (κ1) is 18.3. The molecule has 0 atom stereocenters. The summed E-state index contributed by atoms with van der Waals surface area (Å²) in [4.78, 5) is 16.4. The second-order valence-corrected chi connectivity index (χ2v) is 5.81. The zero-order chi connectivity index (χ0) is 19.4. The molecule has 0 spiro atoms. The molecule has 0 unspecified atom stereocenters. The Balaban J connectivity index is 1.76. The zero-order valence-corrected chi connectivity index (χ0v) is 14.7. The number of hydrogen-bond donors (Lipinski definition) is 2. The van der Waals surface area contributed by atoms with E-state index in [0.29, 0.717) is 11.6 Å². The Morgan fingerprint density at radius 3 is 2.44 bits per heavy atom. The minimum absolute atomic E-state index is 0.166. The lowest BCUT2D eigenvalue weighted by molar-refractivity contribution is 0.102. The van der Waals surface area contributed by atoms with Crippen LogP contribution in [0.4, 0.5) is 26.0 Å². The van der Waals surface area contributed by atoms with Crippen molar-refractivity contribution >= 4 is 23.1 Å². The van der Waals surface area contributed by atoms with Crippen molar-refractivity contribution in [3.8, 4) is 5.75 Å². The Bertz CT molecular complexity index is 955. The average molecular weight is 369 g/mol. The van der Waals surface area contributed by atoms with Gasteiger partial charge in [-0.3, -0.25) is 4.79 Å². The van der Waals surface area contributed by atoms with Crippen LogP contribution in [0.5, 0.6) is 5.75 Å². The fourth-order valence-corrected chi connectivity index (χ4v) is 2.46. The summed E-state index contributed by atoms with van der Waals surface area (Å²) in [6.07, 6.45) is 1.32. The number of carbonyl (C=O) groups excluding carboxylic acids is 1.